The second kappa shape index (κ2) is 8.18. The molecule has 0 saturated carbocycles. The van der Waals surface area contributed by atoms with Gasteiger partial charge in [-0.25, -0.2) is 4.98 Å². The third kappa shape index (κ3) is 3.56. The number of carbonyl (C=O) groups excluding carboxylic acids is 2. The molecular weight excluding hydrogens is 436 g/mol. The molecule has 0 spiro atoms. The molecule has 1 saturated heterocycles. The van der Waals surface area contributed by atoms with Crippen LogP contribution in [0.3, 0.4) is 0 Å². The maximum Gasteiger partial charge on any atom is 0.301 e. The Labute approximate surface area is 194 Å². The lowest BCUT2D eigenvalue weighted by Gasteiger charge is -2.23. The number of fused-ring (bicyclic) bond motifs is 1. The Morgan fingerprint density at radius 1 is 1.03 bits per heavy atom. The quantitative estimate of drug-likeness (QED) is 0.251. The van der Waals surface area contributed by atoms with Gasteiger partial charge in [-0.2, -0.15) is 0 Å². The Bertz CT molecular complexity index is 1410. The number of aromatic hydroxyl groups is 1. The van der Waals surface area contributed by atoms with Crippen molar-refractivity contribution in [3.63, 3.8) is 0 Å². The number of hydrogen-bond acceptors (Lipinski definition) is 6. The molecule has 1 unspecified atom stereocenters. The van der Waals surface area contributed by atoms with E-state index >= 15 is 0 Å². The molecule has 1 aliphatic heterocycles. The summed E-state index contributed by atoms with van der Waals surface area (Å²) in [6, 6.07) is 20.0. The lowest BCUT2D eigenvalue weighted by atomic mass is 9.95. The Morgan fingerprint density at radius 2 is 1.76 bits per heavy atom. The first-order chi connectivity index (χ1) is 16.0. The van der Waals surface area contributed by atoms with Crippen molar-refractivity contribution in [2.45, 2.75) is 19.4 Å². The normalized spacial score (nSPS) is 17.7. The first-order valence-electron chi connectivity index (χ1n) is 10.5. The molecule has 4 aromatic rings. The van der Waals surface area contributed by atoms with Crippen molar-refractivity contribution in [3.8, 4) is 5.75 Å². The van der Waals surface area contributed by atoms with Gasteiger partial charge in [0.05, 0.1) is 21.8 Å². The van der Waals surface area contributed by atoms with Crippen LogP contribution >= 0.6 is 11.3 Å². The Kier molecular flexibility index (Phi) is 5.18. The molecular formula is C26H20N2O4S. The van der Waals surface area contributed by atoms with Crippen LogP contribution in [0.2, 0.25) is 0 Å². The Hall–Kier alpha value is -3.97. The number of rotatable bonds is 4. The molecule has 0 bridgehead atoms. The number of aliphatic hydroxyl groups is 1. The minimum atomic E-state index is -0.878. The van der Waals surface area contributed by atoms with Gasteiger partial charge in [0.1, 0.15) is 11.5 Å². The standard InChI is InChI=1S/C26H20N2O4S/c1-2-15-8-13-19-20(14-15)33-26(27-19)28-22(16-9-11-18(29)12-10-16)21(24(31)25(28)32)23(30)17-6-4-3-5-7-17/h3-14,22,29-30H,2H2,1H3/b23-21+. The van der Waals surface area contributed by atoms with Gasteiger partial charge in [-0.15, -0.1) is 0 Å². The zero-order valence-electron chi connectivity index (χ0n) is 17.7. The van der Waals surface area contributed by atoms with Gasteiger partial charge >= 0.3 is 5.91 Å². The van der Waals surface area contributed by atoms with Crippen molar-refractivity contribution < 1.29 is 19.8 Å². The number of anilines is 1. The number of hydrogen-bond donors (Lipinski definition) is 2. The Morgan fingerprint density at radius 3 is 2.45 bits per heavy atom. The number of nitrogens with zero attached hydrogens (tertiary/aromatic N) is 2. The highest BCUT2D eigenvalue weighted by Crippen LogP contribution is 2.44. The van der Waals surface area contributed by atoms with E-state index in [1.54, 1.807) is 42.5 Å². The van der Waals surface area contributed by atoms with E-state index in [1.165, 1.54) is 28.4 Å². The maximum absolute atomic E-state index is 13.3. The van der Waals surface area contributed by atoms with Crippen molar-refractivity contribution in [1.29, 1.82) is 0 Å². The number of phenolic OH excluding ortho intramolecular Hbond substituents is 1. The first kappa shape index (κ1) is 20.9. The van der Waals surface area contributed by atoms with Crippen molar-refractivity contribution in [2.75, 3.05) is 4.90 Å². The fraction of sp³-hybridized carbons (Fsp3) is 0.115. The molecule has 0 aliphatic carbocycles. The summed E-state index contributed by atoms with van der Waals surface area (Å²) in [6.07, 6.45) is 0.873. The smallest absolute Gasteiger partial charge is 0.301 e. The van der Waals surface area contributed by atoms with E-state index in [-0.39, 0.29) is 17.1 Å². The fourth-order valence-corrected chi connectivity index (χ4v) is 5.09. The lowest BCUT2D eigenvalue weighted by molar-refractivity contribution is -0.132. The highest BCUT2D eigenvalue weighted by molar-refractivity contribution is 7.22. The van der Waals surface area contributed by atoms with Crippen LogP contribution in [-0.2, 0) is 16.0 Å². The van der Waals surface area contributed by atoms with Crippen molar-refractivity contribution in [2.24, 2.45) is 0 Å². The maximum atomic E-state index is 13.3. The van der Waals surface area contributed by atoms with E-state index in [0.717, 1.165) is 22.2 Å². The van der Waals surface area contributed by atoms with Gasteiger partial charge in [0, 0.05) is 5.56 Å². The number of aliphatic hydroxyl groups excluding tert-OH is 1. The number of aryl methyl sites for hydroxylation is 1. The fourth-order valence-electron chi connectivity index (χ4n) is 4.03. The summed E-state index contributed by atoms with van der Waals surface area (Å²) >= 11 is 1.33. The van der Waals surface area contributed by atoms with Gasteiger partial charge in [0.2, 0.25) is 0 Å². The number of benzene rings is 3. The molecule has 2 N–H and O–H groups in total. The topological polar surface area (TPSA) is 90.7 Å². The number of Topliss-reactive ketones (excluding diaryl/α,β-unsaturated/α-hetero) is 1. The molecule has 7 heteroatoms. The molecule has 2 heterocycles. The SMILES string of the molecule is CCc1ccc2nc(N3C(=O)C(=O)/C(=C(/O)c4ccccc4)C3c3ccc(O)cc3)sc2c1. The second-order valence-corrected chi connectivity index (χ2v) is 8.79. The number of carbonyl (C=O) groups is 2. The van der Waals surface area contributed by atoms with E-state index < -0.39 is 17.7 Å². The van der Waals surface area contributed by atoms with E-state index in [1.807, 2.05) is 18.2 Å². The van der Waals surface area contributed by atoms with Gasteiger partial charge in [-0.05, 0) is 41.8 Å². The molecule has 1 amide bonds. The summed E-state index contributed by atoms with van der Waals surface area (Å²) in [5, 5.41) is 21.2. The van der Waals surface area contributed by atoms with E-state index in [0.29, 0.717) is 16.3 Å². The Balaban J connectivity index is 1.72. The van der Waals surface area contributed by atoms with Gasteiger partial charge in [0.25, 0.3) is 5.78 Å². The summed E-state index contributed by atoms with van der Waals surface area (Å²) in [5.41, 5.74) is 2.90. The highest BCUT2D eigenvalue weighted by atomic mass is 32.1. The molecule has 0 radical (unpaired) electrons. The minimum Gasteiger partial charge on any atom is -0.508 e. The van der Waals surface area contributed by atoms with Gasteiger partial charge in [-0.1, -0.05) is 66.8 Å². The summed E-state index contributed by atoms with van der Waals surface area (Å²) in [6.45, 7) is 2.07. The number of ketones is 1. The molecule has 1 atom stereocenters. The highest BCUT2D eigenvalue weighted by Gasteiger charge is 2.48. The van der Waals surface area contributed by atoms with Crippen LogP contribution in [0.4, 0.5) is 5.13 Å². The predicted octanol–water partition coefficient (Wildman–Crippen LogP) is 5.19. The molecule has 1 fully saturated rings. The molecule has 164 valence electrons. The van der Waals surface area contributed by atoms with E-state index in [4.69, 9.17) is 0 Å². The van der Waals surface area contributed by atoms with Gasteiger partial charge < -0.3 is 10.2 Å². The third-order valence-corrected chi connectivity index (χ3v) is 6.77. The zero-order chi connectivity index (χ0) is 23.1. The molecule has 5 rings (SSSR count). The van der Waals surface area contributed by atoms with Crippen molar-refractivity contribution in [3.05, 3.63) is 95.1 Å². The number of phenols is 1. The monoisotopic (exact) mass is 456 g/mol. The first-order valence-corrected chi connectivity index (χ1v) is 11.3. The summed E-state index contributed by atoms with van der Waals surface area (Å²) < 4.78 is 0.916. The molecule has 3 aromatic carbocycles. The largest absolute Gasteiger partial charge is 0.508 e. The zero-order valence-corrected chi connectivity index (χ0v) is 18.5. The van der Waals surface area contributed by atoms with E-state index in [2.05, 4.69) is 11.9 Å². The molecule has 1 aromatic heterocycles. The number of amides is 1. The van der Waals surface area contributed by atoms with Crippen LogP contribution < -0.4 is 4.90 Å². The third-order valence-electron chi connectivity index (χ3n) is 5.76. The predicted molar refractivity (Wildman–Crippen MR) is 128 cm³/mol. The van der Waals surface area contributed by atoms with Crippen LogP contribution in [0, 0.1) is 0 Å². The second-order valence-electron chi connectivity index (χ2n) is 7.78. The number of thiazole rings is 1. The summed E-state index contributed by atoms with van der Waals surface area (Å²) in [5.74, 6) is -1.71. The molecule has 6 nitrogen and oxygen atoms in total. The van der Waals surface area contributed by atoms with Gasteiger partial charge in [-0.3, -0.25) is 14.5 Å². The van der Waals surface area contributed by atoms with Crippen LogP contribution in [0.15, 0.2) is 78.4 Å². The summed E-state index contributed by atoms with van der Waals surface area (Å²) in [4.78, 5) is 32.4. The van der Waals surface area contributed by atoms with Crippen LogP contribution in [0.25, 0.3) is 16.0 Å². The van der Waals surface area contributed by atoms with Crippen LogP contribution in [0.5, 0.6) is 5.75 Å². The van der Waals surface area contributed by atoms with E-state index in [9.17, 15) is 19.8 Å². The molecule has 33 heavy (non-hydrogen) atoms. The van der Waals surface area contributed by atoms with Crippen LogP contribution in [-0.4, -0.2) is 26.9 Å². The average molecular weight is 457 g/mol. The number of aromatic nitrogens is 1. The van der Waals surface area contributed by atoms with Gasteiger partial charge in [0.15, 0.2) is 5.13 Å². The lowest BCUT2D eigenvalue weighted by Crippen LogP contribution is -2.29. The van der Waals surface area contributed by atoms with Crippen LogP contribution in [0.1, 0.15) is 29.7 Å². The average Bonchev–Trinajstić information content (AvgIpc) is 3.37. The summed E-state index contributed by atoms with van der Waals surface area (Å²) in [7, 11) is 0. The molecule has 1 aliphatic rings. The minimum absolute atomic E-state index is 0.00890. The van der Waals surface area contributed by atoms with Crippen molar-refractivity contribution >= 4 is 44.1 Å². The van der Waals surface area contributed by atoms with Crippen molar-refractivity contribution in [1.82, 2.24) is 4.98 Å².